The molecule has 2 N–H and O–H groups in total. The van der Waals surface area contributed by atoms with Gasteiger partial charge >= 0.3 is 0 Å². The van der Waals surface area contributed by atoms with Crippen molar-refractivity contribution in [3.05, 3.63) is 54.5 Å². The first-order chi connectivity index (χ1) is 17.1. The summed E-state index contributed by atoms with van der Waals surface area (Å²) in [5.74, 6) is 2.07. The summed E-state index contributed by atoms with van der Waals surface area (Å²) >= 11 is 0. The van der Waals surface area contributed by atoms with E-state index in [9.17, 15) is 4.79 Å². The van der Waals surface area contributed by atoms with Crippen LogP contribution in [0.2, 0.25) is 0 Å². The second-order valence-corrected chi connectivity index (χ2v) is 9.01. The Labute approximate surface area is 202 Å². The third-order valence-corrected chi connectivity index (χ3v) is 6.43. The van der Waals surface area contributed by atoms with Crippen LogP contribution in [0.5, 0.6) is 0 Å². The van der Waals surface area contributed by atoms with E-state index in [1.807, 2.05) is 30.5 Å². The Kier molecular flexibility index (Phi) is 5.54. The molecule has 2 fully saturated rings. The number of anilines is 2. The number of nitrogens with zero attached hydrogens (tertiary/aromatic N) is 6. The summed E-state index contributed by atoms with van der Waals surface area (Å²) in [5, 5.41) is 0. The summed E-state index contributed by atoms with van der Waals surface area (Å²) in [4.78, 5) is 37.1. The maximum absolute atomic E-state index is 12.3. The van der Waals surface area contributed by atoms with Gasteiger partial charge in [0.1, 0.15) is 11.3 Å². The highest BCUT2D eigenvalue weighted by Gasteiger charge is 2.29. The number of carbonyl (C=O) groups is 1. The molecule has 1 aliphatic carbocycles. The quantitative estimate of drug-likeness (QED) is 0.456. The second-order valence-electron chi connectivity index (χ2n) is 9.01. The van der Waals surface area contributed by atoms with E-state index in [2.05, 4.69) is 20.9 Å². The van der Waals surface area contributed by atoms with E-state index in [1.165, 1.54) is 0 Å². The van der Waals surface area contributed by atoms with Crippen molar-refractivity contribution in [2.24, 2.45) is 5.92 Å². The van der Waals surface area contributed by atoms with Gasteiger partial charge in [0.15, 0.2) is 11.6 Å². The van der Waals surface area contributed by atoms with Gasteiger partial charge in [0.2, 0.25) is 5.95 Å². The zero-order chi connectivity index (χ0) is 23.8. The van der Waals surface area contributed by atoms with Crippen LogP contribution in [-0.4, -0.2) is 57.0 Å². The lowest BCUT2D eigenvalue weighted by Crippen LogP contribution is -2.37. The number of fused-ring (bicyclic) bond motifs is 1. The van der Waals surface area contributed by atoms with Gasteiger partial charge in [0.05, 0.1) is 24.3 Å². The van der Waals surface area contributed by atoms with Crippen molar-refractivity contribution < 1.29 is 9.53 Å². The number of benzene rings is 1. The highest BCUT2D eigenvalue weighted by atomic mass is 16.5. The van der Waals surface area contributed by atoms with E-state index in [0.29, 0.717) is 36.8 Å². The average molecular weight is 468 g/mol. The molecule has 1 saturated carbocycles. The van der Waals surface area contributed by atoms with Crippen LogP contribution >= 0.6 is 0 Å². The first-order valence-corrected chi connectivity index (χ1v) is 11.8. The van der Waals surface area contributed by atoms with Gasteiger partial charge in [0.25, 0.3) is 0 Å². The van der Waals surface area contributed by atoms with E-state index in [1.54, 1.807) is 12.4 Å². The number of rotatable bonds is 6. The Morgan fingerprint density at radius 1 is 0.971 bits per heavy atom. The van der Waals surface area contributed by atoms with Gasteiger partial charge < -0.3 is 15.4 Å². The van der Waals surface area contributed by atoms with Gasteiger partial charge in [-0.3, -0.25) is 9.78 Å². The third kappa shape index (κ3) is 4.54. The number of hydrogen-bond acceptors (Lipinski definition) is 9. The Balaban J connectivity index is 1.42. The fourth-order valence-electron chi connectivity index (χ4n) is 4.35. The summed E-state index contributed by atoms with van der Waals surface area (Å²) in [6.07, 6.45) is 7.64. The van der Waals surface area contributed by atoms with Gasteiger partial charge in [0, 0.05) is 49.6 Å². The molecule has 4 heterocycles. The number of carbonyl (C=O) groups excluding carboxylic acids is 1. The number of hydrogen-bond donors (Lipinski definition) is 1. The molecule has 4 aromatic rings. The Bertz CT molecular complexity index is 1400. The molecule has 3 aromatic heterocycles. The van der Waals surface area contributed by atoms with Crippen LogP contribution in [0.15, 0.2) is 48.9 Å². The minimum absolute atomic E-state index is 0.201. The van der Waals surface area contributed by atoms with E-state index in [0.717, 1.165) is 59.5 Å². The van der Waals surface area contributed by atoms with Gasteiger partial charge in [-0.1, -0.05) is 24.3 Å². The third-order valence-electron chi connectivity index (χ3n) is 6.43. The maximum Gasteiger partial charge on any atom is 0.219 e. The van der Waals surface area contributed by atoms with Crippen molar-refractivity contribution in [2.75, 3.05) is 36.9 Å². The lowest BCUT2D eigenvalue weighted by molar-refractivity contribution is -0.119. The summed E-state index contributed by atoms with van der Waals surface area (Å²) in [7, 11) is 0. The van der Waals surface area contributed by atoms with Crippen molar-refractivity contribution in [3.63, 3.8) is 0 Å². The largest absolute Gasteiger partial charge is 0.378 e. The predicted octanol–water partition coefficient (Wildman–Crippen LogP) is 3.09. The molecule has 6 rings (SSSR count). The summed E-state index contributed by atoms with van der Waals surface area (Å²) in [6.45, 7) is 2.72. The molecule has 1 aromatic carbocycles. The number of morpholine rings is 1. The molecule has 0 spiro atoms. The van der Waals surface area contributed by atoms with Crippen LogP contribution in [0, 0.1) is 5.92 Å². The number of pyridine rings is 1. The number of aromatic nitrogens is 5. The fourth-order valence-corrected chi connectivity index (χ4v) is 4.35. The van der Waals surface area contributed by atoms with Crippen LogP contribution in [0.4, 0.5) is 11.8 Å². The first kappa shape index (κ1) is 21.5. The van der Waals surface area contributed by atoms with Crippen molar-refractivity contribution in [1.29, 1.82) is 0 Å². The van der Waals surface area contributed by atoms with Crippen LogP contribution in [0.3, 0.4) is 0 Å². The van der Waals surface area contributed by atoms with E-state index in [4.69, 9.17) is 25.4 Å². The number of nitrogens with two attached hydrogens (primary N) is 1. The van der Waals surface area contributed by atoms with Gasteiger partial charge in [-0.15, -0.1) is 0 Å². The lowest BCUT2D eigenvalue weighted by Gasteiger charge is -2.28. The molecule has 2 aliphatic rings. The van der Waals surface area contributed by atoms with Gasteiger partial charge in [-0.25, -0.2) is 19.9 Å². The average Bonchev–Trinajstić information content (AvgIpc) is 3.75. The fraction of sp³-hybridized carbons (Fsp3) is 0.308. The highest BCUT2D eigenvalue weighted by Crippen LogP contribution is 2.32. The molecule has 0 amide bonds. The molecule has 0 unspecified atom stereocenters. The molecule has 35 heavy (non-hydrogen) atoms. The van der Waals surface area contributed by atoms with Crippen molar-refractivity contribution >= 4 is 28.6 Å². The predicted molar refractivity (Wildman–Crippen MR) is 133 cm³/mol. The van der Waals surface area contributed by atoms with Crippen LogP contribution < -0.4 is 10.6 Å². The zero-order valence-corrected chi connectivity index (χ0v) is 19.2. The van der Waals surface area contributed by atoms with Gasteiger partial charge in [-0.2, -0.15) is 0 Å². The standard InChI is InChI=1S/C26H25N7O2/c27-26-29-14-20(15-30-26)24-31-21-12-19(13-28-23(21)25(32-24)33-6-8-35-9-7-33)18-3-1-2-16(10-18)11-22(34)17-4-5-17/h1-3,10,12-15,17H,4-9,11H2,(H2,27,29,30). The minimum Gasteiger partial charge on any atom is -0.378 e. The monoisotopic (exact) mass is 467 g/mol. The topological polar surface area (TPSA) is 120 Å². The smallest absolute Gasteiger partial charge is 0.219 e. The summed E-state index contributed by atoms with van der Waals surface area (Å²) in [5.41, 5.74) is 10.8. The van der Waals surface area contributed by atoms with Crippen molar-refractivity contribution in [3.8, 4) is 22.5 Å². The number of Topliss-reactive ketones (excluding diaryl/α,β-unsaturated/α-hetero) is 1. The molecular weight excluding hydrogens is 442 g/mol. The maximum atomic E-state index is 12.3. The number of ketones is 1. The highest BCUT2D eigenvalue weighted by molar-refractivity contribution is 5.90. The first-order valence-electron chi connectivity index (χ1n) is 11.8. The number of ether oxygens (including phenoxy) is 1. The van der Waals surface area contributed by atoms with E-state index >= 15 is 0 Å². The van der Waals surface area contributed by atoms with Crippen molar-refractivity contribution in [1.82, 2.24) is 24.9 Å². The molecule has 9 nitrogen and oxygen atoms in total. The Morgan fingerprint density at radius 2 is 1.74 bits per heavy atom. The molecule has 0 bridgehead atoms. The normalized spacial score (nSPS) is 15.9. The molecule has 176 valence electrons. The summed E-state index contributed by atoms with van der Waals surface area (Å²) in [6, 6.07) is 10.1. The Morgan fingerprint density at radius 3 is 2.51 bits per heavy atom. The van der Waals surface area contributed by atoms with Crippen LogP contribution in [0.25, 0.3) is 33.5 Å². The lowest BCUT2D eigenvalue weighted by atomic mass is 10.0. The summed E-state index contributed by atoms with van der Waals surface area (Å²) < 4.78 is 5.53. The van der Waals surface area contributed by atoms with E-state index in [-0.39, 0.29) is 11.9 Å². The van der Waals surface area contributed by atoms with Crippen LogP contribution in [0.1, 0.15) is 18.4 Å². The zero-order valence-electron chi connectivity index (χ0n) is 19.2. The number of nitrogen functional groups attached to an aromatic ring is 1. The minimum atomic E-state index is 0.201. The van der Waals surface area contributed by atoms with E-state index < -0.39 is 0 Å². The Hall–Kier alpha value is -3.98. The molecule has 1 saturated heterocycles. The molecule has 0 atom stereocenters. The van der Waals surface area contributed by atoms with Crippen LogP contribution in [-0.2, 0) is 16.0 Å². The van der Waals surface area contributed by atoms with Crippen molar-refractivity contribution in [2.45, 2.75) is 19.3 Å². The molecule has 9 heteroatoms. The SMILES string of the molecule is Nc1ncc(-c2nc(N3CCOCC3)c3ncc(-c4cccc(CC(=O)C5CC5)c4)cc3n2)cn1. The molecular formula is C26H25N7O2. The van der Waals surface area contributed by atoms with Gasteiger partial charge in [-0.05, 0) is 30.0 Å². The second kappa shape index (κ2) is 8.99. The molecule has 0 radical (unpaired) electrons. The molecule has 1 aliphatic heterocycles.